The molecule has 0 aliphatic carbocycles. The summed E-state index contributed by atoms with van der Waals surface area (Å²) < 4.78 is 0. The van der Waals surface area contributed by atoms with E-state index < -0.39 is 0 Å². The van der Waals surface area contributed by atoms with Crippen molar-refractivity contribution in [3.8, 4) is 0 Å². The molecule has 5 heteroatoms. The molecule has 0 bridgehead atoms. The lowest BCUT2D eigenvalue weighted by molar-refractivity contribution is 1.18. The van der Waals surface area contributed by atoms with Gasteiger partial charge in [-0.1, -0.05) is 11.6 Å². The number of hydrogen-bond donors (Lipinski definition) is 1. The quantitative estimate of drug-likeness (QED) is 0.421. The molecule has 0 saturated carbocycles. The highest BCUT2D eigenvalue weighted by molar-refractivity contribution is 6.29. The average Bonchev–Trinajstić information content (AvgIpc) is 1.85. The van der Waals surface area contributed by atoms with Crippen molar-refractivity contribution in [2.75, 3.05) is 5.43 Å². The van der Waals surface area contributed by atoms with Gasteiger partial charge in [-0.05, 0) is 13.0 Å². The van der Waals surface area contributed by atoms with Crippen molar-refractivity contribution in [2.45, 2.75) is 6.92 Å². The van der Waals surface area contributed by atoms with Crippen LogP contribution in [0.1, 0.15) is 5.69 Å². The van der Waals surface area contributed by atoms with E-state index in [1.54, 1.807) is 13.0 Å². The minimum atomic E-state index is 0.344. The molecule has 1 aromatic rings. The summed E-state index contributed by atoms with van der Waals surface area (Å²) in [7, 11) is 0. The molecule has 0 radical (unpaired) electrons. The van der Waals surface area contributed by atoms with Crippen LogP contribution in [0.2, 0.25) is 5.15 Å². The first-order chi connectivity index (χ1) is 5.22. The Morgan fingerprint density at radius 2 is 2.36 bits per heavy atom. The molecular formula is C6H6ClN3O. The van der Waals surface area contributed by atoms with Crippen LogP contribution in [0.15, 0.2) is 17.4 Å². The smallest absolute Gasteiger partial charge is 0.131 e. The van der Waals surface area contributed by atoms with Crippen molar-refractivity contribution in [2.24, 2.45) is 5.29 Å². The Hall–Kier alpha value is -1.16. The third-order valence-electron chi connectivity index (χ3n) is 1.10. The van der Waals surface area contributed by atoms with Gasteiger partial charge in [0.05, 0.1) is 11.0 Å². The molecule has 0 saturated heterocycles. The number of aromatic nitrogens is 1. The van der Waals surface area contributed by atoms with Gasteiger partial charge in [-0.15, -0.1) is 4.91 Å². The number of hydrogen-bond acceptors (Lipinski definition) is 3. The lowest BCUT2D eigenvalue weighted by atomic mass is 10.3. The van der Waals surface area contributed by atoms with E-state index in [0.29, 0.717) is 10.8 Å². The van der Waals surface area contributed by atoms with Crippen LogP contribution in [0.3, 0.4) is 0 Å². The Balaban J connectivity index is 2.98. The average molecular weight is 172 g/mol. The Bertz CT molecular complexity index is 256. The number of anilines is 1. The van der Waals surface area contributed by atoms with Crippen molar-refractivity contribution < 1.29 is 0 Å². The highest BCUT2D eigenvalue weighted by Crippen LogP contribution is 2.14. The number of pyridine rings is 1. The molecule has 0 aromatic carbocycles. The van der Waals surface area contributed by atoms with Gasteiger partial charge in [0.15, 0.2) is 0 Å². The maximum Gasteiger partial charge on any atom is 0.131 e. The summed E-state index contributed by atoms with van der Waals surface area (Å²) in [6.45, 7) is 1.78. The third-order valence-corrected chi connectivity index (χ3v) is 1.29. The topological polar surface area (TPSA) is 54.4 Å². The molecule has 0 atom stereocenters. The zero-order chi connectivity index (χ0) is 8.27. The molecule has 0 aliphatic heterocycles. The zero-order valence-corrected chi connectivity index (χ0v) is 6.59. The predicted molar refractivity (Wildman–Crippen MR) is 43.4 cm³/mol. The van der Waals surface area contributed by atoms with E-state index in [-0.39, 0.29) is 0 Å². The summed E-state index contributed by atoms with van der Waals surface area (Å²) >= 11 is 5.59. The number of nitrogens with one attached hydrogen (secondary N) is 1. The highest BCUT2D eigenvalue weighted by atomic mass is 35.5. The van der Waals surface area contributed by atoms with Crippen LogP contribution >= 0.6 is 11.6 Å². The van der Waals surface area contributed by atoms with Gasteiger partial charge in [-0.2, -0.15) is 0 Å². The predicted octanol–water partition coefficient (Wildman–Crippen LogP) is 2.14. The van der Waals surface area contributed by atoms with Crippen molar-refractivity contribution in [1.82, 2.24) is 4.98 Å². The minimum Gasteiger partial charge on any atom is -0.242 e. The zero-order valence-electron chi connectivity index (χ0n) is 5.84. The Morgan fingerprint density at radius 1 is 1.64 bits per heavy atom. The molecule has 11 heavy (non-hydrogen) atoms. The van der Waals surface area contributed by atoms with E-state index in [0.717, 1.165) is 5.69 Å². The number of halogens is 1. The summed E-state index contributed by atoms with van der Waals surface area (Å²) in [6.07, 6.45) is 0. The van der Waals surface area contributed by atoms with Crippen LogP contribution < -0.4 is 5.43 Å². The van der Waals surface area contributed by atoms with E-state index in [1.807, 2.05) is 0 Å². The first kappa shape index (κ1) is 7.94. The van der Waals surface area contributed by atoms with Crippen LogP contribution in [-0.2, 0) is 0 Å². The molecule has 0 spiro atoms. The number of aryl methyl sites for hydroxylation is 1. The molecule has 1 heterocycles. The van der Waals surface area contributed by atoms with Gasteiger partial charge < -0.3 is 0 Å². The third kappa shape index (κ3) is 2.16. The fraction of sp³-hybridized carbons (Fsp3) is 0.167. The maximum absolute atomic E-state index is 9.77. The fourth-order valence-corrected chi connectivity index (χ4v) is 0.996. The number of nitrogens with zero attached hydrogens (tertiary/aromatic N) is 2. The van der Waals surface area contributed by atoms with Crippen LogP contribution in [0, 0.1) is 11.8 Å². The van der Waals surface area contributed by atoms with Crippen LogP contribution in [-0.4, -0.2) is 4.98 Å². The Morgan fingerprint density at radius 3 is 2.91 bits per heavy atom. The molecule has 0 amide bonds. The monoisotopic (exact) mass is 171 g/mol. The molecular weight excluding hydrogens is 166 g/mol. The molecule has 0 fully saturated rings. The normalized spacial score (nSPS) is 9.27. The highest BCUT2D eigenvalue weighted by Gasteiger charge is 1.95. The van der Waals surface area contributed by atoms with Crippen LogP contribution in [0.4, 0.5) is 5.69 Å². The molecule has 0 aliphatic rings. The largest absolute Gasteiger partial charge is 0.242 e. The van der Waals surface area contributed by atoms with Gasteiger partial charge in [-0.25, -0.2) is 10.4 Å². The first-order valence-corrected chi connectivity index (χ1v) is 3.33. The van der Waals surface area contributed by atoms with Gasteiger partial charge in [0.2, 0.25) is 0 Å². The lowest BCUT2D eigenvalue weighted by Crippen LogP contribution is -1.89. The van der Waals surface area contributed by atoms with Crippen molar-refractivity contribution in [3.05, 3.63) is 27.9 Å². The fourth-order valence-electron chi connectivity index (χ4n) is 0.745. The van der Waals surface area contributed by atoms with E-state index in [9.17, 15) is 4.91 Å². The summed E-state index contributed by atoms with van der Waals surface area (Å²) in [6, 6.07) is 3.20. The van der Waals surface area contributed by atoms with E-state index >= 15 is 0 Å². The molecule has 1 aromatic heterocycles. The second-order valence-electron chi connectivity index (χ2n) is 2.02. The molecule has 4 nitrogen and oxygen atoms in total. The van der Waals surface area contributed by atoms with Gasteiger partial charge in [0.1, 0.15) is 5.15 Å². The standard InChI is InChI=1S/C6H6ClN3O/c1-4-2-5(9-10-11)3-6(7)8-4/h2-3H,1H3,(H,8,9,11). The maximum atomic E-state index is 9.77. The van der Waals surface area contributed by atoms with Crippen molar-refractivity contribution >= 4 is 17.3 Å². The Labute approximate surface area is 68.5 Å². The Kier molecular flexibility index (Phi) is 2.38. The van der Waals surface area contributed by atoms with Gasteiger partial charge in [0.25, 0.3) is 0 Å². The summed E-state index contributed by atoms with van der Waals surface area (Å²) in [4.78, 5) is 13.7. The first-order valence-electron chi connectivity index (χ1n) is 2.95. The number of rotatable bonds is 2. The van der Waals surface area contributed by atoms with Crippen molar-refractivity contribution in [3.63, 3.8) is 0 Å². The number of nitroso groups, excluding NO2 is 1. The second kappa shape index (κ2) is 3.30. The molecule has 0 unspecified atom stereocenters. The van der Waals surface area contributed by atoms with Crippen molar-refractivity contribution in [1.29, 1.82) is 0 Å². The molecule has 1 N–H and O–H groups in total. The minimum absolute atomic E-state index is 0.344. The van der Waals surface area contributed by atoms with Gasteiger partial charge >= 0.3 is 0 Å². The van der Waals surface area contributed by atoms with Crippen LogP contribution in [0.5, 0.6) is 0 Å². The van der Waals surface area contributed by atoms with Gasteiger partial charge in [-0.3, -0.25) is 0 Å². The van der Waals surface area contributed by atoms with E-state index in [1.165, 1.54) is 6.07 Å². The van der Waals surface area contributed by atoms with E-state index in [4.69, 9.17) is 11.6 Å². The second-order valence-corrected chi connectivity index (χ2v) is 2.41. The van der Waals surface area contributed by atoms with E-state index in [2.05, 4.69) is 15.7 Å². The summed E-state index contributed by atoms with van der Waals surface area (Å²) in [5.74, 6) is 0. The van der Waals surface area contributed by atoms with Gasteiger partial charge in [0, 0.05) is 11.8 Å². The summed E-state index contributed by atoms with van der Waals surface area (Å²) in [5.41, 5.74) is 3.53. The molecule has 1 rings (SSSR count). The molecule has 58 valence electrons. The SMILES string of the molecule is Cc1cc(NN=O)cc(Cl)n1. The lowest BCUT2D eigenvalue weighted by Gasteiger charge is -1.98. The summed E-state index contributed by atoms with van der Waals surface area (Å²) in [5, 5.41) is 2.85. The van der Waals surface area contributed by atoms with Crippen LogP contribution in [0.25, 0.3) is 0 Å².